The van der Waals surface area contributed by atoms with E-state index >= 15 is 0 Å². The Balaban J connectivity index is 2.50. The molecule has 1 aromatic carbocycles. The number of benzene rings is 1. The molecule has 5 heteroatoms. The van der Waals surface area contributed by atoms with Crippen LogP contribution >= 0.6 is 23.2 Å². The van der Waals surface area contributed by atoms with E-state index in [-0.39, 0.29) is 0 Å². The molecule has 0 unspecified atom stereocenters. The van der Waals surface area contributed by atoms with E-state index in [0.717, 1.165) is 5.56 Å². The van der Waals surface area contributed by atoms with Crippen molar-refractivity contribution in [2.45, 2.75) is 6.54 Å². The monoisotopic (exact) mass is 265 g/mol. The first kappa shape index (κ1) is 11.8. The first-order chi connectivity index (χ1) is 8.11. The number of rotatable bonds is 2. The smallest absolute Gasteiger partial charge is 0.132 e. The van der Waals surface area contributed by atoms with Gasteiger partial charge in [0.2, 0.25) is 0 Å². The van der Waals surface area contributed by atoms with Gasteiger partial charge in [-0.3, -0.25) is 0 Å². The molecule has 0 fully saturated rings. The molecule has 0 spiro atoms. The number of terminal acetylenes is 1. The Labute approximate surface area is 109 Å². The van der Waals surface area contributed by atoms with Gasteiger partial charge in [0.1, 0.15) is 11.5 Å². The highest BCUT2D eigenvalue weighted by Gasteiger charge is 2.10. The van der Waals surface area contributed by atoms with Gasteiger partial charge < -0.3 is 10.3 Å². The van der Waals surface area contributed by atoms with Crippen molar-refractivity contribution in [3.8, 4) is 23.6 Å². The molecule has 0 radical (unpaired) electrons. The van der Waals surface area contributed by atoms with E-state index in [1.807, 2.05) is 0 Å². The van der Waals surface area contributed by atoms with Crippen LogP contribution in [0.5, 0.6) is 0 Å². The summed E-state index contributed by atoms with van der Waals surface area (Å²) >= 11 is 11.9. The van der Waals surface area contributed by atoms with Crippen LogP contribution < -0.4 is 5.73 Å². The predicted molar refractivity (Wildman–Crippen MR) is 70.9 cm³/mol. The molecule has 1 aromatic heterocycles. The summed E-state index contributed by atoms with van der Waals surface area (Å²) < 4.78 is 1.68. The molecule has 0 saturated carbocycles. The first-order valence-electron chi connectivity index (χ1n) is 4.82. The zero-order valence-corrected chi connectivity index (χ0v) is 10.3. The fraction of sp³-hybridized carbons (Fsp3) is 0.0833. The van der Waals surface area contributed by atoms with E-state index in [4.69, 9.17) is 35.4 Å². The molecule has 1 heterocycles. The summed E-state index contributed by atoms with van der Waals surface area (Å²) in [5.74, 6) is 3.00. The SMILES string of the molecule is C#CCn1cnc(-c2cc(Cl)cc(Cl)c2)c1N. The average molecular weight is 266 g/mol. The second-order valence-corrected chi connectivity index (χ2v) is 4.34. The maximum Gasteiger partial charge on any atom is 0.132 e. The van der Waals surface area contributed by atoms with Crippen LogP contribution in [0.4, 0.5) is 5.82 Å². The van der Waals surface area contributed by atoms with Crippen molar-refractivity contribution in [2.75, 3.05) is 5.73 Å². The number of anilines is 1. The lowest BCUT2D eigenvalue weighted by atomic mass is 10.1. The topological polar surface area (TPSA) is 43.8 Å². The highest BCUT2D eigenvalue weighted by Crippen LogP contribution is 2.29. The summed E-state index contributed by atoms with van der Waals surface area (Å²) in [5, 5.41) is 1.08. The zero-order valence-electron chi connectivity index (χ0n) is 8.82. The lowest BCUT2D eigenvalue weighted by molar-refractivity contribution is 0.852. The van der Waals surface area contributed by atoms with Crippen LogP contribution in [0.2, 0.25) is 10.0 Å². The second kappa shape index (κ2) is 4.70. The lowest BCUT2D eigenvalue weighted by Crippen LogP contribution is -2.00. The third kappa shape index (κ3) is 2.38. The van der Waals surface area contributed by atoms with E-state index in [0.29, 0.717) is 28.1 Å². The number of halogens is 2. The molecule has 0 aliphatic heterocycles. The quantitative estimate of drug-likeness (QED) is 0.849. The Morgan fingerprint density at radius 1 is 1.29 bits per heavy atom. The van der Waals surface area contributed by atoms with Crippen molar-refractivity contribution in [3.63, 3.8) is 0 Å². The molecule has 2 rings (SSSR count). The summed E-state index contributed by atoms with van der Waals surface area (Å²) in [4.78, 5) is 4.21. The number of hydrogen-bond donors (Lipinski definition) is 1. The number of aromatic nitrogens is 2. The van der Waals surface area contributed by atoms with Gasteiger partial charge in [-0.25, -0.2) is 4.98 Å². The van der Waals surface area contributed by atoms with Gasteiger partial charge in [-0.1, -0.05) is 29.1 Å². The standard InChI is InChI=1S/C12H9Cl2N3/c1-2-3-17-7-16-11(12(17)15)8-4-9(13)6-10(14)5-8/h1,4-7H,3,15H2. The maximum absolute atomic E-state index is 5.94. The Morgan fingerprint density at radius 2 is 1.94 bits per heavy atom. The van der Waals surface area contributed by atoms with Crippen molar-refractivity contribution in [1.82, 2.24) is 9.55 Å². The van der Waals surface area contributed by atoms with E-state index in [2.05, 4.69) is 10.9 Å². The molecule has 17 heavy (non-hydrogen) atoms. The van der Waals surface area contributed by atoms with Crippen molar-refractivity contribution >= 4 is 29.0 Å². The van der Waals surface area contributed by atoms with Crippen LogP contribution in [-0.2, 0) is 6.54 Å². The minimum atomic E-state index is 0.382. The van der Waals surface area contributed by atoms with Gasteiger partial charge in [0.25, 0.3) is 0 Å². The van der Waals surface area contributed by atoms with Crippen molar-refractivity contribution in [3.05, 3.63) is 34.6 Å². The molecular formula is C12H9Cl2N3. The fourth-order valence-electron chi connectivity index (χ4n) is 1.53. The normalized spacial score (nSPS) is 10.2. The summed E-state index contributed by atoms with van der Waals surface area (Å²) in [6.45, 7) is 0.382. The van der Waals surface area contributed by atoms with Crippen LogP contribution in [0, 0.1) is 12.3 Å². The minimum Gasteiger partial charge on any atom is -0.383 e. The van der Waals surface area contributed by atoms with E-state index < -0.39 is 0 Å². The molecular weight excluding hydrogens is 257 g/mol. The van der Waals surface area contributed by atoms with Crippen LogP contribution in [0.15, 0.2) is 24.5 Å². The lowest BCUT2D eigenvalue weighted by Gasteiger charge is -2.03. The van der Waals surface area contributed by atoms with Gasteiger partial charge >= 0.3 is 0 Å². The summed E-state index contributed by atoms with van der Waals surface area (Å²) in [5.41, 5.74) is 7.34. The highest BCUT2D eigenvalue weighted by molar-refractivity contribution is 6.35. The maximum atomic E-state index is 5.94. The van der Waals surface area contributed by atoms with Crippen molar-refractivity contribution in [2.24, 2.45) is 0 Å². The zero-order chi connectivity index (χ0) is 12.4. The van der Waals surface area contributed by atoms with Crippen molar-refractivity contribution < 1.29 is 0 Å². The number of nitrogen functional groups attached to an aromatic ring is 1. The Kier molecular flexibility index (Phi) is 3.28. The molecule has 0 aliphatic rings. The molecule has 0 aliphatic carbocycles. The molecule has 2 aromatic rings. The van der Waals surface area contributed by atoms with Crippen molar-refractivity contribution in [1.29, 1.82) is 0 Å². The highest BCUT2D eigenvalue weighted by atomic mass is 35.5. The van der Waals surface area contributed by atoms with Gasteiger partial charge in [0.15, 0.2) is 0 Å². The van der Waals surface area contributed by atoms with Gasteiger partial charge in [0, 0.05) is 15.6 Å². The van der Waals surface area contributed by atoms with E-state index in [9.17, 15) is 0 Å². The van der Waals surface area contributed by atoms with Gasteiger partial charge in [-0.2, -0.15) is 0 Å². The summed E-state index contributed by atoms with van der Waals surface area (Å²) in [6, 6.07) is 5.17. The number of nitrogens with two attached hydrogens (primary N) is 1. The Hall–Kier alpha value is -1.63. The Bertz CT molecular complexity index is 576. The van der Waals surface area contributed by atoms with E-state index in [1.165, 1.54) is 0 Å². The van der Waals surface area contributed by atoms with Crippen LogP contribution in [0.3, 0.4) is 0 Å². The Morgan fingerprint density at radius 3 is 2.53 bits per heavy atom. The largest absolute Gasteiger partial charge is 0.383 e. The molecule has 0 atom stereocenters. The molecule has 86 valence electrons. The fourth-order valence-corrected chi connectivity index (χ4v) is 2.06. The van der Waals surface area contributed by atoms with Gasteiger partial charge in [-0.05, 0) is 18.2 Å². The summed E-state index contributed by atoms with van der Waals surface area (Å²) in [6.07, 6.45) is 6.83. The second-order valence-electron chi connectivity index (χ2n) is 3.47. The molecule has 0 saturated heterocycles. The van der Waals surface area contributed by atoms with Gasteiger partial charge in [-0.15, -0.1) is 6.42 Å². The van der Waals surface area contributed by atoms with Crippen LogP contribution in [0.25, 0.3) is 11.3 Å². The number of imidazole rings is 1. The molecule has 3 nitrogen and oxygen atoms in total. The third-order valence-corrected chi connectivity index (χ3v) is 2.71. The van der Waals surface area contributed by atoms with Gasteiger partial charge in [0.05, 0.1) is 12.9 Å². The minimum absolute atomic E-state index is 0.382. The molecule has 0 amide bonds. The first-order valence-corrected chi connectivity index (χ1v) is 5.58. The predicted octanol–water partition coefficient (Wildman–Crippen LogP) is 3.07. The number of nitrogens with zero attached hydrogens (tertiary/aromatic N) is 2. The molecule has 0 bridgehead atoms. The number of hydrogen-bond acceptors (Lipinski definition) is 2. The van der Waals surface area contributed by atoms with Crippen LogP contribution in [0.1, 0.15) is 0 Å². The average Bonchev–Trinajstić information content (AvgIpc) is 2.60. The van der Waals surface area contributed by atoms with E-state index in [1.54, 1.807) is 29.1 Å². The van der Waals surface area contributed by atoms with Crippen LogP contribution in [-0.4, -0.2) is 9.55 Å². The third-order valence-electron chi connectivity index (χ3n) is 2.28. The molecule has 2 N–H and O–H groups in total. The summed E-state index contributed by atoms with van der Waals surface area (Å²) in [7, 11) is 0.